The smallest absolute Gasteiger partial charge is 0.252 e. The van der Waals surface area contributed by atoms with Gasteiger partial charge in [0.1, 0.15) is 0 Å². The van der Waals surface area contributed by atoms with Crippen molar-refractivity contribution < 1.29 is 0 Å². The molecule has 0 aliphatic carbocycles. The van der Waals surface area contributed by atoms with E-state index in [4.69, 9.17) is 0 Å². The topological polar surface area (TPSA) is 9.86 Å². The summed E-state index contributed by atoms with van der Waals surface area (Å²) in [6.07, 6.45) is 0. The van der Waals surface area contributed by atoms with E-state index in [0.717, 1.165) is 0 Å². The monoisotopic (exact) mass is 860 g/mol. The molecule has 306 valence electrons. The van der Waals surface area contributed by atoms with Crippen LogP contribution in [-0.4, -0.2) is 32.0 Å². The van der Waals surface area contributed by atoms with Gasteiger partial charge in [-0.1, -0.05) is 189 Å². The minimum Gasteiger partial charge on any atom is -0.310 e. The third-order valence-electron chi connectivity index (χ3n) is 15.7. The Balaban J connectivity index is 1.23. The van der Waals surface area contributed by atoms with Crippen LogP contribution in [0, 0.1) is 0 Å². The second-order valence-electron chi connectivity index (χ2n) is 21.2. The minimum absolute atomic E-state index is 0.0111. The zero-order valence-electron chi connectivity index (χ0n) is 37.6. The molecular weight excluding hydrogens is 816 g/mol. The molecule has 11 aromatic carbocycles. The Kier molecular flexibility index (Phi) is 6.75. The molecule has 0 saturated heterocycles. The van der Waals surface area contributed by atoms with Crippen molar-refractivity contribution in [1.29, 1.82) is 0 Å². The van der Waals surface area contributed by atoms with E-state index in [-0.39, 0.29) is 6.71 Å². The molecule has 0 radical (unpaired) electrons. The third kappa shape index (κ3) is 4.46. The average molecular weight is 861 g/mol. The maximum atomic E-state index is 2.67. The fourth-order valence-corrected chi connectivity index (χ4v) is 15.2. The van der Waals surface area contributed by atoms with Crippen LogP contribution in [0.3, 0.4) is 0 Å². The summed E-state index contributed by atoms with van der Waals surface area (Å²) in [6, 6.07) is 64.1. The van der Waals surface area contributed by atoms with Crippen LogP contribution in [0.5, 0.6) is 0 Å². The van der Waals surface area contributed by atoms with E-state index in [2.05, 4.69) is 212 Å². The molecule has 0 saturated carbocycles. The summed E-state index contributed by atoms with van der Waals surface area (Å²) in [5.74, 6) is 0. The molecule has 2 aliphatic rings. The molecule has 0 bridgehead atoms. The van der Waals surface area contributed by atoms with E-state index in [9.17, 15) is 0 Å². The van der Waals surface area contributed by atoms with Gasteiger partial charge in [-0.15, -0.1) is 0 Å². The number of benzene rings is 11. The Labute approximate surface area is 379 Å². The van der Waals surface area contributed by atoms with Crippen LogP contribution < -0.4 is 26.8 Å². The van der Waals surface area contributed by atoms with Crippen molar-refractivity contribution in [3.8, 4) is 11.4 Å². The first kappa shape index (κ1) is 36.4. The van der Waals surface area contributed by atoms with Crippen LogP contribution in [0.4, 0.5) is 0 Å². The van der Waals surface area contributed by atoms with E-state index in [1.165, 1.54) is 146 Å². The molecule has 0 atom stereocenters. The molecule has 0 fully saturated rings. The van der Waals surface area contributed by atoms with E-state index in [1.807, 2.05) is 0 Å². The number of hydrogen-bond donors (Lipinski definition) is 0. The van der Waals surface area contributed by atoms with Crippen molar-refractivity contribution in [3.05, 3.63) is 164 Å². The predicted octanol–water partition coefficient (Wildman–Crippen LogP) is 13.0. The summed E-state index contributed by atoms with van der Waals surface area (Å²) in [7, 11) is -3.36. The quantitative estimate of drug-likeness (QED) is 0.121. The standard InChI is InChI=1S/C60H45BN2Si2/c1-64(2,3)34-26-28-50-46(30-34)56-54-42-22-13-11-18-38(42)36-16-7-9-20-40(36)44(54)32-48-59(56)62(50)52-24-15-25-53-58(52)61(48)49-33-45-41-21-10-8-17-37(41)39-19-12-14-23-43(39)55(45)57-47-31-35(65(4,5)6)27-29-51(47)63(53)60(49)57/h7-33H,1-6H3. The summed E-state index contributed by atoms with van der Waals surface area (Å²) < 4.78 is 5.35. The van der Waals surface area contributed by atoms with E-state index in [0.29, 0.717) is 0 Å². The lowest BCUT2D eigenvalue weighted by molar-refractivity contribution is 1.14. The Hall–Kier alpha value is -6.92. The number of fused-ring (bicyclic) bond motifs is 24. The second kappa shape index (κ2) is 12.0. The van der Waals surface area contributed by atoms with Gasteiger partial charge >= 0.3 is 0 Å². The van der Waals surface area contributed by atoms with E-state index in [1.54, 1.807) is 0 Å². The first-order valence-electron chi connectivity index (χ1n) is 23.4. The molecule has 2 nitrogen and oxygen atoms in total. The Morgan fingerprint density at radius 1 is 0.323 bits per heavy atom. The van der Waals surface area contributed by atoms with Gasteiger partial charge < -0.3 is 9.13 Å². The maximum absolute atomic E-state index is 2.67. The lowest BCUT2D eigenvalue weighted by atomic mass is 9.34. The summed E-state index contributed by atoms with van der Waals surface area (Å²) in [5, 5.41) is 24.6. The third-order valence-corrected chi connectivity index (χ3v) is 19.8. The van der Waals surface area contributed by atoms with Gasteiger partial charge in [0.05, 0.1) is 38.2 Å². The van der Waals surface area contributed by atoms with Gasteiger partial charge in [0.15, 0.2) is 0 Å². The van der Waals surface area contributed by atoms with Crippen molar-refractivity contribution >= 4 is 158 Å². The normalized spacial score (nSPS) is 13.7. The van der Waals surface area contributed by atoms with Gasteiger partial charge in [-0.25, -0.2) is 0 Å². The highest BCUT2D eigenvalue weighted by molar-refractivity contribution is 7.01. The fraction of sp³-hybridized carbons (Fsp3) is 0.100. The van der Waals surface area contributed by atoms with Crippen molar-refractivity contribution in [2.45, 2.75) is 39.3 Å². The lowest BCUT2D eigenvalue weighted by Gasteiger charge is -2.34. The SMILES string of the molecule is C[Si](C)(C)c1ccc2c(c1)c1c3c4ccccc4c4ccccc4c3cc3c1n2-c1cccc2c1B3c1cc3c4ccccc4c4ccccc4c3c3c4cc([Si](C)(C)C)ccc4n-2c13. The van der Waals surface area contributed by atoms with Gasteiger partial charge in [-0.2, -0.15) is 0 Å². The van der Waals surface area contributed by atoms with Gasteiger partial charge in [-0.05, 0) is 94.5 Å². The first-order valence-corrected chi connectivity index (χ1v) is 30.4. The van der Waals surface area contributed by atoms with Crippen molar-refractivity contribution in [2.75, 3.05) is 0 Å². The van der Waals surface area contributed by atoms with Crippen molar-refractivity contribution in [1.82, 2.24) is 9.13 Å². The molecule has 2 aliphatic heterocycles. The molecule has 13 aromatic rings. The lowest BCUT2D eigenvalue weighted by Crippen LogP contribution is -2.59. The average Bonchev–Trinajstić information content (AvgIpc) is 3.85. The first-order chi connectivity index (χ1) is 31.6. The van der Waals surface area contributed by atoms with Gasteiger partial charge in [0.25, 0.3) is 6.71 Å². The molecule has 4 heterocycles. The Morgan fingerprint density at radius 3 is 1.06 bits per heavy atom. The Morgan fingerprint density at radius 2 is 0.677 bits per heavy atom. The summed E-state index contributed by atoms with van der Waals surface area (Å²) in [4.78, 5) is 0. The summed E-state index contributed by atoms with van der Waals surface area (Å²) in [6.45, 7) is 14.9. The molecule has 15 rings (SSSR count). The van der Waals surface area contributed by atoms with Crippen molar-refractivity contribution in [3.63, 3.8) is 0 Å². The van der Waals surface area contributed by atoms with Crippen LogP contribution in [0.15, 0.2) is 164 Å². The molecule has 0 spiro atoms. The number of aromatic nitrogens is 2. The molecule has 0 amide bonds. The zero-order valence-corrected chi connectivity index (χ0v) is 39.6. The number of nitrogens with zero attached hydrogens (tertiary/aromatic N) is 2. The zero-order chi connectivity index (χ0) is 43.4. The van der Waals surface area contributed by atoms with Crippen LogP contribution in [0.25, 0.3) is 120 Å². The second-order valence-corrected chi connectivity index (χ2v) is 31.3. The van der Waals surface area contributed by atoms with E-state index < -0.39 is 16.1 Å². The van der Waals surface area contributed by atoms with Crippen LogP contribution in [0.1, 0.15) is 0 Å². The highest BCUT2D eigenvalue weighted by Crippen LogP contribution is 2.47. The van der Waals surface area contributed by atoms with Crippen LogP contribution in [-0.2, 0) is 0 Å². The number of rotatable bonds is 2. The molecule has 0 N–H and O–H groups in total. The fourth-order valence-electron chi connectivity index (χ4n) is 12.8. The van der Waals surface area contributed by atoms with Crippen LogP contribution in [0.2, 0.25) is 39.3 Å². The Bertz CT molecular complexity index is 4110. The molecule has 5 heteroatoms. The molecule has 0 unspecified atom stereocenters. The predicted molar refractivity (Wildman–Crippen MR) is 291 cm³/mol. The largest absolute Gasteiger partial charge is 0.310 e. The van der Waals surface area contributed by atoms with Crippen molar-refractivity contribution in [2.24, 2.45) is 0 Å². The van der Waals surface area contributed by atoms with Crippen LogP contribution >= 0.6 is 0 Å². The molecular formula is C60H45BN2Si2. The summed E-state index contributed by atoms with van der Waals surface area (Å²) >= 11 is 0. The molecule has 65 heavy (non-hydrogen) atoms. The summed E-state index contributed by atoms with van der Waals surface area (Å²) in [5.41, 5.74) is 12.1. The molecule has 2 aromatic heterocycles. The minimum atomic E-state index is -1.68. The van der Waals surface area contributed by atoms with Gasteiger partial charge in [-0.3, -0.25) is 0 Å². The highest BCUT2D eigenvalue weighted by Gasteiger charge is 2.42. The highest BCUT2D eigenvalue weighted by atomic mass is 28.3. The van der Waals surface area contributed by atoms with E-state index >= 15 is 0 Å². The van der Waals surface area contributed by atoms with Gasteiger partial charge in [0, 0.05) is 43.7 Å². The number of hydrogen-bond acceptors (Lipinski definition) is 0. The maximum Gasteiger partial charge on any atom is 0.252 e. The van der Waals surface area contributed by atoms with Gasteiger partial charge in [0.2, 0.25) is 0 Å².